The van der Waals surface area contributed by atoms with E-state index in [2.05, 4.69) is 18.0 Å². The average Bonchev–Trinajstić information content (AvgIpc) is 3.30. The SMILES string of the molecule is Cc1cc(OCc2cccnc2)c(C)c2c1CC[C@@H]([C@H](C)C(=O)N1CCCC1)[C@H]2O. The maximum atomic E-state index is 13.0. The van der Waals surface area contributed by atoms with Gasteiger partial charge in [0, 0.05) is 42.9 Å². The topological polar surface area (TPSA) is 62.7 Å². The number of ether oxygens (including phenoxy) is 1. The lowest BCUT2D eigenvalue weighted by molar-refractivity contribution is -0.137. The van der Waals surface area contributed by atoms with Gasteiger partial charge in [-0.2, -0.15) is 0 Å². The standard InChI is InChI=1S/C25H32N2O3/c1-16-13-22(30-15-19-7-6-10-26-14-19)18(3)23-20(16)8-9-21(24(23)28)17(2)25(29)27-11-4-5-12-27/h6-7,10,13-14,17,21,24,28H,4-5,8-9,11-12,15H2,1-3H3/t17-,21-,24+/m0/s1. The smallest absolute Gasteiger partial charge is 0.225 e. The number of rotatable bonds is 5. The molecule has 0 unspecified atom stereocenters. The monoisotopic (exact) mass is 408 g/mol. The molecule has 2 aliphatic rings. The molecule has 1 amide bonds. The van der Waals surface area contributed by atoms with E-state index in [9.17, 15) is 9.90 Å². The molecule has 1 aliphatic carbocycles. The molecule has 1 N–H and O–H groups in total. The molecule has 1 saturated heterocycles. The van der Waals surface area contributed by atoms with Crippen molar-refractivity contribution >= 4 is 5.91 Å². The third kappa shape index (κ3) is 3.95. The zero-order chi connectivity index (χ0) is 21.3. The summed E-state index contributed by atoms with van der Waals surface area (Å²) >= 11 is 0. The lowest BCUT2D eigenvalue weighted by atomic mass is 9.72. The summed E-state index contributed by atoms with van der Waals surface area (Å²) in [6, 6.07) is 5.97. The molecule has 5 nitrogen and oxygen atoms in total. The van der Waals surface area contributed by atoms with Gasteiger partial charge in [-0.25, -0.2) is 0 Å². The van der Waals surface area contributed by atoms with Crippen LogP contribution in [0, 0.1) is 25.7 Å². The molecule has 4 rings (SSSR count). The van der Waals surface area contributed by atoms with Crippen LogP contribution in [0.2, 0.25) is 0 Å². The normalized spacial score (nSPS) is 21.9. The van der Waals surface area contributed by atoms with Gasteiger partial charge in [-0.3, -0.25) is 9.78 Å². The number of amides is 1. The first-order chi connectivity index (χ1) is 14.5. The summed E-state index contributed by atoms with van der Waals surface area (Å²) in [5.41, 5.74) is 5.32. The number of hydrogen-bond acceptors (Lipinski definition) is 4. The van der Waals surface area contributed by atoms with Crippen LogP contribution >= 0.6 is 0 Å². The molecule has 2 heterocycles. The number of pyridine rings is 1. The Labute approximate surface area is 179 Å². The summed E-state index contributed by atoms with van der Waals surface area (Å²) in [5.74, 6) is 0.759. The molecule has 1 fully saturated rings. The molecule has 160 valence electrons. The van der Waals surface area contributed by atoms with Crippen LogP contribution in [0.3, 0.4) is 0 Å². The van der Waals surface area contributed by atoms with E-state index in [1.807, 2.05) is 30.9 Å². The van der Waals surface area contributed by atoms with E-state index in [1.165, 1.54) is 5.56 Å². The zero-order valence-corrected chi connectivity index (χ0v) is 18.2. The minimum atomic E-state index is -0.643. The van der Waals surface area contributed by atoms with Gasteiger partial charge in [-0.05, 0) is 73.9 Å². The fourth-order valence-corrected chi connectivity index (χ4v) is 5.11. The quantitative estimate of drug-likeness (QED) is 0.808. The van der Waals surface area contributed by atoms with E-state index in [1.54, 1.807) is 12.4 Å². The van der Waals surface area contributed by atoms with E-state index in [0.29, 0.717) is 6.61 Å². The van der Waals surface area contributed by atoms with Gasteiger partial charge in [0.15, 0.2) is 0 Å². The molecule has 0 spiro atoms. The molecular formula is C25H32N2O3. The highest BCUT2D eigenvalue weighted by Crippen LogP contribution is 2.44. The van der Waals surface area contributed by atoms with Crippen LogP contribution < -0.4 is 4.74 Å². The largest absolute Gasteiger partial charge is 0.489 e. The molecule has 0 radical (unpaired) electrons. The van der Waals surface area contributed by atoms with Crippen molar-refractivity contribution in [1.29, 1.82) is 0 Å². The summed E-state index contributed by atoms with van der Waals surface area (Å²) < 4.78 is 6.12. The number of aromatic nitrogens is 1. The maximum Gasteiger partial charge on any atom is 0.225 e. The van der Waals surface area contributed by atoms with Crippen LogP contribution in [0.1, 0.15) is 60.1 Å². The van der Waals surface area contributed by atoms with Crippen molar-refractivity contribution in [2.45, 2.75) is 59.2 Å². The molecule has 30 heavy (non-hydrogen) atoms. The number of carbonyl (C=O) groups excluding carboxylic acids is 1. The van der Waals surface area contributed by atoms with Crippen LogP contribution in [0.15, 0.2) is 30.6 Å². The third-order valence-corrected chi connectivity index (χ3v) is 6.92. The van der Waals surface area contributed by atoms with Gasteiger partial charge >= 0.3 is 0 Å². The Morgan fingerprint density at radius 2 is 2.10 bits per heavy atom. The van der Waals surface area contributed by atoms with Gasteiger partial charge in [-0.1, -0.05) is 13.0 Å². The Morgan fingerprint density at radius 1 is 1.33 bits per heavy atom. The molecule has 1 aliphatic heterocycles. The Morgan fingerprint density at radius 3 is 2.80 bits per heavy atom. The van der Waals surface area contributed by atoms with Crippen molar-refractivity contribution in [2.75, 3.05) is 13.1 Å². The average molecular weight is 409 g/mol. The van der Waals surface area contributed by atoms with Gasteiger partial charge < -0.3 is 14.7 Å². The first-order valence-electron chi connectivity index (χ1n) is 11.1. The van der Waals surface area contributed by atoms with E-state index >= 15 is 0 Å². The molecule has 1 aromatic heterocycles. The first kappa shape index (κ1) is 20.9. The van der Waals surface area contributed by atoms with Gasteiger partial charge in [-0.15, -0.1) is 0 Å². The van der Waals surface area contributed by atoms with Crippen molar-refractivity contribution in [2.24, 2.45) is 11.8 Å². The lowest BCUT2D eigenvalue weighted by Crippen LogP contribution is -2.39. The second-order valence-electron chi connectivity index (χ2n) is 8.83. The Hall–Kier alpha value is -2.40. The molecule has 0 bridgehead atoms. The fraction of sp³-hybridized carbons (Fsp3) is 0.520. The van der Waals surface area contributed by atoms with Crippen LogP contribution in [0.5, 0.6) is 5.75 Å². The first-order valence-corrected chi connectivity index (χ1v) is 11.1. The second kappa shape index (κ2) is 8.76. The molecular weight excluding hydrogens is 376 g/mol. The van der Waals surface area contributed by atoms with E-state index in [0.717, 1.165) is 66.8 Å². The van der Waals surface area contributed by atoms with Crippen LogP contribution in [-0.2, 0) is 17.8 Å². The fourth-order valence-electron chi connectivity index (χ4n) is 5.11. The number of nitrogens with zero attached hydrogens (tertiary/aromatic N) is 2. The Bertz CT molecular complexity index is 906. The van der Waals surface area contributed by atoms with Gasteiger partial charge in [0.25, 0.3) is 0 Å². The second-order valence-corrected chi connectivity index (χ2v) is 8.83. The molecule has 1 aromatic carbocycles. The minimum Gasteiger partial charge on any atom is -0.489 e. The number of benzene rings is 1. The van der Waals surface area contributed by atoms with Crippen molar-refractivity contribution < 1.29 is 14.6 Å². The van der Waals surface area contributed by atoms with Crippen LogP contribution in [0.4, 0.5) is 0 Å². The Balaban J connectivity index is 1.57. The number of aryl methyl sites for hydroxylation is 1. The highest BCUT2D eigenvalue weighted by atomic mass is 16.5. The number of aliphatic hydroxyl groups excluding tert-OH is 1. The summed E-state index contributed by atoms with van der Waals surface area (Å²) in [4.78, 5) is 19.1. The molecule has 0 saturated carbocycles. The van der Waals surface area contributed by atoms with Gasteiger partial charge in [0.1, 0.15) is 12.4 Å². The molecule has 5 heteroatoms. The minimum absolute atomic E-state index is 0.0581. The van der Waals surface area contributed by atoms with Crippen molar-refractivity contribution in [3.8, 4) is 5.75 Å². The van der Waals surface area contributed by atoms with Crippen molar-refractivity contribution in [1.82, 2.24) is 9.88 Å². The number of fused-ring (bicyclic) bond motifs is 1. The van der Waals surface area contributed by atoms with Gasteiger partial charge in [0.2, 0.25) is 5.91 Å². The predicted octanol–water partition coefficient (Wildman–Crippen LogP) is 4.13. The van der Waals surface area contributed by atoms with E-state index < -0.39 is 6.10 Å². The number of carbonyl (C=O) groups is 1. The summed E-state index contributed by atoms with van der Waals surface area (Å²) in [5, 5.41) is 11.4. The highest BCUT2D eigenvalue weighted by Gasteiger charge is 2.38. The number of likely N-dealkylation sites (tertiary alicyclic amines) is 1. The summed E-state index contributed by atoms with van der Waals surface area (Å²) in [6.45, 7) is 8.25. The van der Waals surface area contributed by atoms with Crippen LogP contribution in [-0.4, -0.2) is 34.0 Å². The van der Waals surface area contributed by atoms with Crippen molar-refractivity contribution in [3.05, 3.63) is 58.4 Å². The molecule has 2 aromatic rings. The van der Waals surface area contributed by atoms with Gasteiger partial charge in [0.05, 0.1) is 6.10 Å². The zero-order valence-electron chi connectivity index (χ0n) is 18.2. The van der Waals surface area contributed by atoms with Crippen molar-refractivity contribution in [3.63, 3.8) is 0 Å². The van der Waals surface area contributed by atoms with Crippen LogP contribution in [0.25, 0.3) is 0 Å². The summed E-state index contributed by atoms with van der Waals surface area (Å²) in [6.07, 6.45) is 6.82. The third-order valence-electron chi connectivity index (χ3n) is 6.92. The Kier molecular flexibility index (Phi) is 6.09. The van der Waals surface area contributed by atoms with E-state index in [-0.39, 0.29) is 17.7 Å². The predicted molar refractivity (Wildman–Crippen MR) is 116 cm³/mol. The number of aliphatic hydroxyl groups is 1. The highest BCUT2D eigenvalue weighted by molar-refractivity contribution is 5.79. The number of hydrogen-bond donors (Lipinski definition) is 1. The van der Waals surface area contributed by atoms with E-state index in [4.69, 9.17) is 4.74 Å². The molecule has 3 atom stereocenters. The maximum absolute atomic E-state index is 13.0. The lowest BCUT2D eigenvalue weighted by Gasteiger charge is -2.37. The summed E-state index contributed by atoms with van der Waals surface area (Å²) in [7, 11) is 0.